The molecule has 0 bridgehead atoms. The van der Waals surface area contributed by atoms with Crippen molar-refractivity contribution in [3.05, 3.63) is 66.2 Å². The van der Waals surface area contributed by atoms with Crippen molar-refractivity contribution in [2.45, 2.75) is 18.6 Å². The van der Waals surface area contributed by atoms with Crippen molar-refractivity contribution in [2.24, 2.45) is 0 Å². The van der Waals surface area contributed by atoms with Crippen LogP contribution in [0, 0.1) is 0 Å². The van der Waals surface area contributed by atoms with Crippen molar-refractivity contribution < 1.29 is 21.0 Å². The van der Waals surface area contributed by atoms with Gasteiger partial charge in [-0.05, 0) is 30.5 Å². The molecule has 142 valence electrons. The summed E-state index contributed by atoms with van der Waals surface area (Å²) >= 11 is 0. The molecule has 0 saturated carbocycles. The van der Waals surface area contributed by atoms with Crippen LogP contribution in [0.5, 0.6) is 0 Å². The lowest BCUT2D eigenvalue weighted by molar-refractivity contribution is 0.309. The van der Waals surface area contributed by atoms with Crippen LogP contribution in [0.4, 0.5) is 5.69 Å². The Morgan fingerprint density at radius 3 is 2.00 bits per heavy atom. The number of benzene rings is 2. The molecule has 0 atom stereocenters. The molecule has 8 heteroatoms. The van der Waals surface area contributed by atoms with E-state index in [1.54, 1.807) is 48.5 Å². The molecule has 2 aromatic carbocycles. The summed E-state index contributed by atoms with van der Waals surface area (Å²) < 4.78 is 54.1. The predicted octanol–water partition coefficient (Wildman–Crippen LogP) is 2.78. The summed E-state index contributed by atoms with van der Waals surface area (Å²) in [6, 6.07) is 17.6. The fourth-order valence-corrected chi connectivity index (χ4v) is 4.47. The summed E-state index contributed by atoms with van der Waals surface area (Å²) in [4.78, 5) is 0. The van der Waals surface area contributed by atoms with Crippen molar-refractivity contribution in [3.63, 3.8) is 0 Å². The van der Waals surface area contributed by atoms with Crippen LogP contribution in [-0.2, 0) is 30.1 Å². The summed E-state index contributed by atoms with van der Waals surface area (Å²) in [6.07, 6.45) is 2.08. The molecule has 0 saturated heterocycles. The van der Waals surface area contributed by atoms with Crippen LogP contribution in [0.3, 0.4) is 0 Å². The molecule has 2 aromatic rings. The van der Waals surface area contributed by atoms with Gasteiger partial charge in [-0.25, -0.2) is 8.42 Å². The SMILES string of the molecule is CS(=O)(=O)N(CCCCOS(=O)(=O)Cc1ccccc1)c1ccccc1. The number of para-hydroxylation sites is 1. The van der Waals surface area contributed by atoms with Gasteiger partial charge in [0.1, 0.15) is 5.75 Å². The minimum atomic E-state index is -3.65. The smallest absolute Gasteiger partial charge is 0.270 e. The lowest BCUT2D eigenvalue weighted by Crippen LogP contribution is -2.31. The van der Waals surface area contributed by atoms with Gasteiger partial charge in [0.2, 0.25) is 10.0 Å². The molecule has 0 aliphatic carbocycles. The highest BCUT2D eigenvalue weighted by molar-refractivity contribution is 7.92. The molecule has 0 fully saturated rings. The van der Waals surface area contributed by atoms with Gasteiger partial charge in [0.05, 0.1) is 18.6 Å². The Kier molecular flexibility index (Phi) is 7.19. The van der Waals surface area contributed by atoms with Crippen molar-refractivity contribution in [2.75, 3.05) is 23.7 Å². The van der Waals surface area contributed by atoms with E-state index in [0.717, 1.165) is 6.26 Å². The Morgan fingerprint density at radius 2 is 1.42 bits per heavy atom. The van der Waals surface area contributed by atoms with E-state index < -0.39 is 20.1 Å². The quantitative estimate of drug-likeness (QED) is 0.455. The van der Waals surface area contributed by atoms with Gasteiger partial charge in [0.25, 0.3) is 10.1 Å². The van der Waals surface area contributed by atoms with E-state index in [2.05, 4.69) is 0 Å². The standard InChI is InChI=1S/C18H23NO5S2/c1-25(20,21)19(18-12-6-3-7-13-18)14-8-9-15-24-26(22,23)16-17-10-4-2-5-11-17/h2-7,10-13H,8-9,14-16H2,1H3. The van der Waals surface area contributed by atoms with Crippen LogP contribution in [0.2, 0.25) is 0 Å². The Bertz CT molecular complexity index is 882. The third-order valence-corrected chi connectivity index (χ3v) is 6.06. The summed E-state index contributed by atoms with van der Waals surface area (Å²) in [5.74, 6) is -0.173. The van der Waals surface area contributed by atoms with E-state index in [0.29, 0.717) is 24.1 Å². The molecule has 0 N–H and O–H groups in total. The van der Waals surface area contributed by atoms with E-state index in [1.165, 1.54) is 4.31 Å². The monoisotopic (exact) mass is 397 g/mol. The second kappa shape index (κ2) is 9.16. The normalized spacial score (nSPS) is 12.0. The van der Waals surface area contributed by atoms with Crippen molar-refractivity contribution in [3.8, 4) is 0 Å². The molecule has 0 spiro atoms. The van der Waals surface area contributed by atoms with Gasteiger partial charge < -0.3 is 0 Å². The minimum absolute atomic E-state index is 0.0293. The lowest BCUT2D eigenvalue weighted by Gasteiger charge is -2.22. The van der Waals surface area contributed by atoms with Crippen molar-refractivity contribution >= 4 is 25.8 Å². The maximum Gasteiger partial charge on any atom is 0.271 e. The van der Waals surface area contributed by atoms with Crippen LogP contribution < -0.4 is 4.31 Å². The number of nitrogens with zero attached hydrogens (tertiary/aromatic N) is 1. The molecule has 0 unspecified atom stereocenters. The molecule has 0 aromatic heterocycles. The third kappa shape index (κ3) is 6.78. The van der Waals surface area contributed by atoms with Crippen LogP contribution in [-0.4, -0.2) is 36.2 Å². The first-order chi connectivity index (χ1) is 12.3. The van der Waals surface area contributed by atoms with Gasteiger partial charge in [0.15, 0.2) is 0 Å². The second-order valence-electron chi connectivity index (χ2n) is 5.89. The average Bonchev–Trinajstić information content (AvgIpc) is 2.58. The number of unbranched alkanes of at least 4 members (excludes halogenated alkanes) is 1. The number of rotatable bonds is 10. The maximum atomic E-state index is 12.0. The van der Waals surface area contributed by atoms with Crippen LogP contribution >= 0.6 is 0 Å². The van der Waals surface area contributed by atoms with E-state index in [-0.39, 0.29) is 18.9 Å². The molecular formula is C18H23NO5S2. The summed E-state index contributed by atoms with van der Waals surface area (Å²) in [6.45, 7) is 0.298. The van der Waals surface area contributed by atoms with Crippen molar-refractivity contribution in [1.29, 1.82) is 0 Å². The topological polar surface area (TPSA) is 80.8 Å². The maximum absolute atomic E-state index is 12.0. The number of hydrogen-bond acceptors (Lipinski definition) is 5. The lowest BCUT2D eigenvalue weighted by atomic mass is 10.2. The van der Waals surface area contributed by atoms with Crippen LogP contribution in [0.25, 0.3) is 0 Å². The van der Waals surface area contributed by atoms with Gasteiger partial charge in [-0.1, -0.05) is 48.5 Å². The van der Waals surface area contributed by atoms with Crippen LogP contribution in [0.15, 0.2) is 60.7 Å². The van der Waals surface area contributed by atoms with Gasteiger partial charge in [-0.2, -0.15) is 8.42 Å². The highest BCUT2D eigenvalue weighted by Crippen LogP contribution is 2.17. The fourth-order valence-electron chi connectivity index (χ4n) is 2.44. The molecule has 0 amide bonds. The molecule has 6 nitrogen and oxygen atoms in total. The van der Waals surface area contributed by atoms with Gasteiger partial charge in [0, 0.05) is 6.54 Å². The highest BCUT2D eigenvalue weighted by Gasteiger charge is 2.17. The highest BCUT2D eigenvalue weighted by atomic mass is 32.2. The number of hydrogen-bond donors (Lipinski definition) is 0. The number of sulfonamides is 1. The molecule has 0 aliphatic rings. The molecule has 2 rings (SSSR count). The summed E-state index contributed by atoms with van der Waals surface area (Å²) in [7, 11) is -7.05. The second-order valence-corrected chi connectivity index (χ2v) is 9.43. The Morgan fingerprint density at radius 1 is 0.846 bits per heavy atom. The average molecular weight is 398 g/mol. The summed E-state index contributed by atoms with van der Waals surface area (Å²) in [5.41, 5.74) is 1.26. The van der Waals surface area contributed by atoms with Crippen molar-refractivity contribution in [1.82, 2.24) is 0 Å². The first-order valence-corrected chi connectivity index (χ1v) is 11.6. The Labute approximate surface area is 155 Å². The molecular weight excluding hydrogens is 374 g/mol. The Balaban J connectivity index is 1.81. The third-order valence-electron chi connectivity index (χ3n) is 3.65. The largest absolute Gasteiger partial charge is 0.271 e. The zero-order chi connectivity index (χ0) is 19.0. The predicted molar refractivity (Wildman–Crippen MR) is 103 cm³/mol. The molecule has 0 aliphatic heterocycles. The first kappa shape index (κ1) is 20.4. The minimum Gasteiger partial charge on any atom is -0.270 e. The zero-order valence-corrected chi connectivity index (χ0v) is 16.2. The van der Waals surface area contributed by atoms with Crippen LogP contribution in [0.1, 0.15) is 18.4 Å². The molecule has 26 heavy (non-hydrogen) atoms. The van der Waals surface area contributed by atoms with Gasteiger partial charge in [-0.3, -0.25) is 8.49 Å². The van der Waals surface area contributed by atoms with E-state index in [9.17, 15) is 16.8 Å². The Hall–Kier alpha value is -1.90. The van der Waals surface area contributed by atoms with Gasteiger partial charge >= 0.3 is 0 Å². The fraction of sp³-hybridized carbons (Fsp3) is 0.333. The number of anilines is 1. The van der Waals surface area contributed by atoms with Gasteiger partial charge in [-0.15, -0.1) is 0 Å². The molecule has 0 heterocycles. The first-order valence-electron chi connectivity index (χ1n) is 8.22. The zero-order valence-electron chi connectivity index (χ0n) is 14.6. The van der Waals surface area contributed by atoms with E-state index in [4.69, 9.17) is 4.18 Å². The van der Waals surface area contributed by atoms with E-state index >= 15 is 0 Å². The summed E-state index contributed by atoms with van der Waals surface area (Å²) in [5, 5.41) is 0. The van der Waals surface area contributed by atoms with E-state index in [1.807, 2.05) is 12.1 Å². The molecule has 0 radical (unpaired) electrons.